The largest absolute Gasteiger partial charge is 0.464 e. The van der Waals surface area contributed by atoms with E-state index < -0.39 is 5.97 Å². The lowest BCUT2D eigenvalue weighted by molar-refractivity contribution is 0.0594. The van der Waals surface area contributed by atoms with Gasteiger partial charge in [0.15, 0.2) is 0 Å². The fourth-order valence-corrected chi connectivity index (χ4v) is 0.801. The van der Waals surface area contributed by atoms with Crippen molar-refractivity contribution in [3.63, 3.8) is 0 Å². The molecule has 1 aromatic rings. The van der Waals surface area contributed by atoms with E-state index in [2.05, 4.69) is 14.9 Å². The van der Waals surface area contributed by atoms with Crippen LogP contribution >= 0.6 is 0 Å². The van der Waals surface area contributed by atoms with Gasteiger partial charge in [-0.15, -0.1) is 0 Å². The Balaban J connectivity index is 2.98. The number of pyridine rings is 1. The summed E-state index contributed by atoms with van der Waals surface area (Å²) in [6, 6.07) is 4.74. The molecule has 1 rings (SSSR count). The van der Waals surface area contributed by atoms with Crippen LogP contribution in [0.15, 0.2) is 23.4 Å². The molecule has 5 heteroatoms. The topological polar surface area (TPSA) is 71.8 Å². The molecule has 1 heterocycles. The smallest absolute Gasteiger partial charge is 0.356 e. The third-order valence-electron chi connectivity index (χ3n) is 1.36. The van der Waals surface area contributed by atoms with Gasteiger partial charge in [0.1, 0.15) is 5.69 Å². The minimum absolute atomic E-state index is 0.180. The maximum absolute atomic E-state index is 11.0. The number of ether oxygens (including phenoxy) is 1. The highest BCUT2D eigenvalue weighted by atomic mass is 16.5. The van der Waals surface area contributed by atoms with E-state index >= 15 is 0 Å². The lowest BCUT2D eigenvalue weighted by atomic mass is 10.3. The van der Waals surface area contributed by atoms with Gasteiger partial charge in [-0.2, -0.15) is 0 Å². The molecule has 0 atom stereocenters. The number of hydrogen-bond donors (Lipinski definition) is 1. The van der Waals surface area contributed by atoms with E-state index in [0.717, 1.165) is 6.21 Å². The summed E-state index contributed by atoms with van der Waals surface area (Å²) in [4.78, 5) is 14.8. The molecule has 0 radical (unpaired) electrons. The van der Waals surface area contributed by atoms with E-state index in [9.17, 15) is 4.79 Å². The molecule has 5 nitrogen and oxygen atoms in total. The zero-order chi connectivity index (χ0) is 9.68. The highest BCUT2D eigenvalue weighted by Gasteiger charge is 2.05. The summed E-state index contributed by atoms with van der Waals surface area (Å²) in [6.45, 7) is 0. The number of carbonyl (C=O) groups excluding carboxylic acids is 1. The number of esters is 1. The van der Waals surface area contributed by atoms with Crippen molar-refractivity contribution >= 4 is 12.2 Å². The van der Waals surface area contributed by atoms with Gasteiger partial charge in [-0.3, -0.25) is 0 Å². The highest BCUT2D eigenvalue weighted by Crippen LogP contribution is 1.98. The van der Waals surface area contributed by atoms with Crippen LogP contribution in [0.3, 0.4) is 0 Å². The Morgan fingerprint density at radius 1 is 1.69 bits per heavy atom. The molecule has 0 fully saturated rings. The molecule has 0 aliphatic heterocycles. The first kappa shape index (κ1) is 9.18. The predicted octanol–water partition coefficient (Wildman–Crippen LogP) is 0.676. The number of hydrogen-bond acceptors (Lipinski definition) is 5. The number of carbonyl (C=O) groups is 1. The highest BCUT2D eigenvalue weighted by molar-refractivity contribution is 5.88. The molecule has 13 heavy (non-hydrogen) atoms. The molecule has 1 N–H and O–H groups in total. The Bertz CT molecular complexity index is 336. The molecule has 0 saturated heterocycles. The monoisotopic (exact) mass is 180 g/mol. The van der Waals surface area contributed by atoms with Crippen LogP contribution in [0.1, 0.15) is 16.2 Å². The van der Waals surface area contributed by atoms with Crippen molar-refractivity contribution in [1.29, 1.82) is 0 Å². The van der Waals surface area contributed by atoms with E-state index in [4.69, 9.17) is 5.21 Å². The molecule has 0 spiro atoms. The van der Waals surface area contributed by atoms with E-state index in [1.165, 1.54) is 13.2 Å². The number of oxime groups is 1. The first-order chi connectivity index (χ1) is 6.27. The number of nitrogens with zero attached hydrogens (tertiary/aromatic N) is 2. The van der Waals surface area contributed by atoms with Crippen molar-refractivity contribution in [2.24, 2.45) is 5.16 Å². The van der Waals surface area contributed by atoms with Crippen molar-refractivity contribution in [2.45, 2.75) is 0 Å². The van der Waals surface area contributed by atoms with Crippen LogP contribution < -0.4 is 0 Å². The third-order valence-corrected chi connectivity index (χ3v) is 1.36. The SMILES string of the molecule is COC(=O)c1cccc(/C=N/O)n1. The molecular weight excluding hydrogens is 172 g/mol. The number of rotatable bonds is 2. The Morgan fingerprint density at radius 3 is 3.08 bits per heavy atom. The minimum atomic E-state index is -0.520. The van der Waals surface area contributed by atoms with Gasteiger partial charge >= 0.3 is 5.97 Å². The van der Waals surface area contributed by atoms with Gasteiger partial charge in [0.25, 0.3) is 0 Å². The molecule has 0 aliphatic carbocycles. The molecule has 68 valence electrons. The Kier molecular flexibility index (Phi) is 2.97. The lowest BCUT2D eigenvalue weighted by Gasteiger charge is -1.97. The summed E-state index contributed by atoms with van der Waals surface area (Å²) >= 11 is 0. The van der Waals surface area contributed by atoms with Crippen molar-refractivity contribution in [3.8, 4) is 0 Å². The summed E-state index contributed by atoms with van der Waals surface area (Å²) in [5, 5.41) is 11.0. The molecule has 0 aliphatic rings. The van der Waals surface area contributed by atoms with Crippen molar-refractivity contribution in [1.82, 2.24) is 4.98 Å². The molecule has 0 aromatic carbocycles. The molecule has 0 amide bonds. The standard InChI is InChI=1S/C8H8N2O3/c1-13-8(11)7-4-2-3-6(10-7)5-9-12/h2-5,12H,1H3/b9-5+. The third kappa shape index (κ3) is 2.26. The van der Waals surface area contributed by atoms with Crippen LogP contribution in [0.4, 0.5) is 0 Å². The van der Waals surface area contributed by atoms with E-state index in [-0.39, 0.29) is 5.69 Å². The Hall–Kier alpha value is -1.91. The van der Waals surface area contributed by atoms with Gasteiger partial charge in [0.05, 0.1) is 19.0 Å². The van der Waals surface area contributed by atoms with Gasteiger partial charge in [-0.1, -0.05) is 11.2 Å². The average Bonchev–Trinajstić information content (AvgIpc) is 2.18. The Morgan fingerprint density at radius 2 is 2.46 bits per heavy atom. The lowest BCUT2D eigenvalue weighted by Crippen LogP contribution is -2.05. The molecule has 0 bridgehead atoms. The minimum Gasteiger partial charge on any atom is -0.464 e. The summed E-state index contributed by atoms with van der Waals surface area (Å²) in [5.74, 6) is -0.520. The van der Waals surface area contributed by atoms with Gasteiger partial charge in [0, 0.05) is 0 Å². The van der Waals surface area contributed by atoms with Crippen LogP contribution in [0.5, 0.6) is 0 Å². The zero-order valence-electron chi connectivity index (χ0n) is 6.97. The normalized spacial score (nSPS) is 10.2. The van der Waals surface area contributed by atoms with Gasteiger partial charge in [-0.25, -0.2) is 9.78 Å². The molecule has 0 unspecified atom stereocenters. The van der Waals surface area contributed by atoms with Crippen molar-refractivity contribution < 1.29 is 14.7 Å². The average molecular weight is 180 g/mol. The van der Waals surface area contributed by atoms with Crippen molar-refractivity contribution in [2.75, 3.05) is 7.11 Å². The second kappa shape index (κ2) is 4.20. The van der Waals surface area contributed by atoms with Crippen LogP contribution in [0.25, 0.3) is 0 Å². The quantitative estimate of drug-likeness (QED) is 0.314. The maximum Gasteiger partial charge on any atom is 0.356 e. The predicted molar refractivity (Wildman–Crippen MR) is 45.0 cm³/mol. The summed E-state index contributed by atoms with van der Waals surface area (Å²) in [7, 11) is 1.27. The van der Waals surface area contributed by atoms with Gasteiger partial charge in [-0.05, 0) is 12.1 Å². The molecule has 0 saturated carbocycles. The van der Waals surface area contributed by atoms with E-state index in [0.29, 0.717) is 5.69 Å². The van der Waals surface area contributed by atoms with Crippen molar-refractivity contribution in [3.05, 3.63) is 29.6 Å². The first-order valence-corrected chi connectivity index (χ1v) is 3.50. The van der Waals surface area contributed by atoms with Gasteiger partial charge in [0.2, 0.25) is 0 Å². The van der Waals surface area contributed by atoms with Crippen LogP contribution in [-0.2, 0) is 4.74 Å². The fraction of sp³-hybridized carbons (Fsp3) is 0.125. The second-order valence-corrected chi connectivity index (χ2v) is 2.18. The number of aromatic nitrogens is 1. The summed E-state index contributed by atoms with van der Waals surface area (Å²) in [6.07, 6.45) is 1.13. The molecular formula is C8H8N2O3. The molecule has 1 aromatic heterocycles. The van der Waals surface area contributed by atoms with E-state index in [1.54, 1.807) is 12.1 Å². The number of methoxy groups -OCH3 is 1. The summed E-state index contributed by atoms with van der Waals surface area (Å²) in [5.41, 5.74) is 0.574. The van der Waals surface area contributed by atoms with Crippen LogP contribution in [-0.4, -0.2) is 29.5 Å². The second-order valence-electron chi connectivity index (χ2n) is 2.18. The van der Waals surface area contributed by atoms with Crippen LogP contribution in [0, 0.1) is 0 Å². The van der Waals surface area contributed by atoms with Crippen LogP contribution in [0.2, 0.25) is 0 Å². The fourth-order valence-electron chi connectivity index (χ4n) is 0.801. The zero-order valence-corrected chi connectivity index (χ0v) is 6.97. The van der Waals surface area contributed by atoms with E-state index in [1.807, 2.05) is 0 Å². The summed E-state index contributed by atoms with van der Waals surface area (Å²) < 4.78 is 4.46. The van der Waals surface area contributed by atoms with Gasteiger partial charge < -0.3 is 9.94 Å². The first-order valence-electron chi connectivity index (χ1n) is 3.50. The maximum atomic E-state index is 11.0. The Labute approximate surface area is 74.7 Å².